The lowest BCUT2D eigenvalue weighted by molar-refractivity contribution is -0.123. The molecule has 3 aromatic rings. The second kappa shape index (κ2) is 8.71. The number of benzene rings is 2. The van der Waals surface area contributed by atoms with Gasteiger partial charge in [-0.25, -0.2) is 9.07 Å². The first-order chi connectivity index (χ1) is 14.5. The first-order valence-electron chi connectivity index (χ1n) is 10.1. The predicted molar refractivity (Wildman–Crippen MR) is 110 cm³/mol. The third-order valence-electron chi connectivity index (χ3n) is 5.74. The molecule has 4 rings (SSSR count). The summed E-state index contributed by atoms with van der Waals surface area (Å²) in [6.45, 7) is 3.96. The average molecular weight is 408 g/mol. The Labute approximate surface area is 174 Å². The Bertz CT molecular complexity index is 993. The largest absolute Gasteiger partial charge is 0.369 e. The topological polar surface area (TPSA) is 89.9 Å². The SMILES string of the molecule is Cc1ccc([C@@H](c2nnnn2Cc2ccc(F)cc2)N2CCC(C(N)=O)CC2)cc1. The second-order valence-corrected chi connectivity index (χ2v) is 7.85. The minimum atomic E-state index is -0.273. The molecule has 1 aromatic heterocycles. The first-order valence-corrected chi connectivity index (χ1v) is 10.1. The molecule has 2 N–H and O–H groups in total. The fourth-order valence-corrected chi connectivity index (χ4v) is 4.00. The molecule has 30 heavy (non-hydrogen) atoms. The van der Waals surface area contributed by atoms with E-state index >= 15 is 0 Å². The van der Waals surface area contributed by atoms with E-state index in [9.17, 15) is 9.18 Å². The van der Waals surface area contributed by atoms with Crippen LogP contribution in [-0.4, -0.2) is 44.1 Å². The minimum absolute atomic E-state index is 0.0878. The number of aromatic nitrogens is 4. The van der Waals surface area contributed by atoms with Crippen molar-refractivity contribution >= 4 is 5.91 Å². The van der Waals surface area contributed by atoms with Crippen molar-refractivity contribution in [1.82, 2.24) is 25.1 Å². The summed E-state index contributed by atoms with van der Waals surface area (Å²) in [4.78, 5) is 13.9. The Kier molecular flexibility index (Phi) is 5.85. The monoisotopic (exact) mass is 408 g/mol. The minimum Gasteiger partial charge on any atom is -0.369 e. The van der Waals surface area contributed by atoms with Gasteiger partial charge in [0.2, 0.25) is 5.91 Å². The van der Waals surface area contributed by atoms with Crippen LogP contribution < -0.4 is 5.73 Å². The van der Waals surface area contributed by atoms with E-state index in [1.165, 1.54) is 17.7 Å². The van der Waals surface area contributed by atoms with Crippen molar-refractivity contribution in [3.63, 3.8) is 0 Å². The van der Waals surface area contributed by atoms with Gasteiger partial charge in [0, 0.05) is 5.92 Å². The van der Waals surface area contributed by atoms with E-state index in [1.807, 2.05) is 0 Å². The summed E-state index contributed by atoms with van der Waals surface area (Å²) < 4.78 is 15.0. The quantitative estimate of drug-likeness (QED) is 0.677. The van der Waals surface area contributed by atoms with Crippen LogP contribution in [0.1, 0.15) is 41.4 Å². The molecule has 7 nitrogen and oxygen atoms in total. The summed E-state index contributed by atoms with van der Waals surface area (Å²) in [6, 6.07) is 14.5. The van der Waals surface area contributed by atoms with E-state index in [4.69, 9.17) is 5.73 Å². The highest BCUT2D eigenvalue weighted by atomic mass is 19.1. The van der Waals surface area contributed by atoms with Crippen LogP contribution in [0.2, 0.25) is 0 Å². The molecule has 0 spiro atoms. The van der Waals surface area contributed by atoms with Crippen LogP contribution in [0.3, 0.4) is 0 Å². The molecule has 0 bridgehead atoms. The highest BCUT2D eigenvalue weighted by Gasteiger charge is 2.32. The molecule has 1 atom stereocenters. The number of amides is 1. The Hall–Kier alpha value is -3.13. The maximum Gasteiger partial charge on any atom is 0.220 e. The molecule has 0 saturated carbocycles. The van der Waals surface area contributed by atoms with Crippen LogP contribution in [0, 0.1) is 18.7 Å². The number of likely N-dealkylation sites (tertiary alicyclic amines) is 1. The van der Waals surface area contributed by atoms with Crippen molar-refractivity contribution in [1.29, 1.82) is 0 Å². The molecule has 8 heteroatoms. The summed E-state index contributed by atoms with van der Waals surface area (Å²) in [7, 11) is 0. The van der Waals surface area contributed by atoms with E-state index in [1.54, 1.807) is 16.8 Å². The normalized spacial score (nSPS) is 16.5. The van der Waals surface area contributed by atoms with Crippen molar-refractivity contribution in [2.75, 3.05) is 13.1 Å². The van der Waals surface area contributed by atoms with E-state index in [2.05, 4.69) is 51.6 Å². The molecule has 0 radical (unpaired) electrons. The van der Waals surface area contributed by atoms with Crippen LogP contribution in [0.25, 0.3) is 0 Å². The molecule has 0 aliphatic carbocycles. The van der Waals surface area contributed by atoms with E-state index in [0.29, 0.717) is 6.54 Å². The van der Waals surface area contributed by atoms with Crippen LogP contribution in [0.4, 0.5) is 4.39 Å². The Balaban J connectivity index is 1.65. The lowest BCUT2D eigenvalue weighted by atomic mass is 9.93. The van der Waals surface area contributed by atoms with Gasteiger partial charge in [-0.1, -0.05) is 42.0 Å². The van der Waals surface area contributed by atoms with Gasteiger partial charge < -0.3 is 5.73 Å². The van der Waals surface area contributed by atoms with Crippen molar-refractivity contribution in [2.45, 2.75) is 32.4 Å². The van der Waals surface area contributed by atoms with E-state index < -0.39 is 0 Å². The van der Waals surface area contributed by atoms with Gasteiger partial charge in [0.25, 0.3) is 0 Å². The fourth-order valence-electron chi connectivity index (χ4n) is 4.00. The third kappa shape index (κ3) is 4.38. The summed E-state index contributed by atoms with van der Waals surface area (Å²) >= 11 is 0. The van der Waals surface area contributed by atoms with E-state index in [-0.39, 0.29) is 23.7 Å². The fraction of sp³-hybridized carbons (Fsp3) is 0.364. The summed E-state index contributed by atoms with van der Waals surface area (Å²) in [5.41, 5.74) is 8.70. The van der Waals surface area contributed by atoms with Crippen LogP contribution in [0.15, 0.2) is 48.5 Å². The number of nitrogens with zero attached hydrogens (tertiary/aromatic N) is 5. The average Bonchev–Trinajstić information content (AvgIpc) is 3.19. The number of piperidine rings is 1. The maximum atomic E-state index is 13.3. The smallest absolute Gasteiger partial charge is 0.220 e. The molecule has 1 fully saturated rings. The number of carbonyl (C=O) groups excluding carboxylic acids is 1. The van der Waals surface area contributed by atoms with Gasteiger partial charge in [-0.2, -0.15) is 0 Å². The number of hydrogen-bond donors (Lipinski definition) is 1. The predicted octanol–water partition coefficient (Wildman–Crippen LogP) is 2.46. The van der Waals surface area contributed by atoms with Crippen LogP contribution in [0.5, 0.6) is 0 Å². The molecule has 1 aliphatic heterocycles. The van der Waals surface area contributed by atoms with Crippen molar-refractivity contribution in [3.05, 3.63) is 76.9 Å². The number of carbonyl (C=O) groups is 1. The van der Waals surface area contributed by atoms with Crippen molar-refractivity contribution < 1.29 is 9.18 Å². The molecule has 2 heterocycles. The first kappa shape index (κ1) is 20.2. The summed E-state index contributed by atoms with van der Waals surface area (Å²) in [6.07, 6.45) is 1.44. The molecule has 1 aliphatic rings. The van der Waals surface area contributed by atoms with Gasteiger partial charge in [0.1, 0.15) is 5.82 Å². The Morgan fingerprint density at radius 1 is 1.13 bits per heavy atom. The number of aryl methyl sites for hydroxylation is 1. The molecular formula is C22H25FN6O. The zero-order valence-electron chi connectivity index (χ0n) is 16.9. The molecule has 2 aromatic carbocycles. The van der Waals surface area contributed by atoms with Gasteiger partial charge in [0.05, 0.1) is 12.6 Å². The zero-order valence-corrected chi connectivity index (χ0v) is 16.9. The maximum absolute atomic E-state index is 13.3. The molecule has 1 amide bonds. The number of nitrogens with two attached hydrogens (primary N) is 1. The lowest BCUT2D eigenvalue weighted by Gasteiger charge is -2.36. The lowest BCUT2D eigenvalue weighted by Crippen LogP contribution is -2.41. The third-order valence-corrected chi connectivity index (χ3v) is 5.74. The second-order valence-electron chi connectivity index (χ2n) is 7.85. The molecule has 1 saturated heterocycles. The Morgan fingerprint density at radius 3 is 2.43 bits per heavy atom. The van der Waals surface area contributed by atoms with Gasteiger partial charge in [-0.05, 0) is 66.5 Å². The number of tetrazole rings is 1. The highest BCUT2D eigenvalue weighted by molar-refractivity contribution is 5.76. The van der Waals surface area contributed by atoms with Gasteiger partial charge in [-0.3, -0.25) is 9.69 Å². The number of rotatable bonds is 6. The van der Waals surface area contributed by atoms with Gasteiger partial charge in [-0.15, -0.1) is 5.10 Å². The van der Waals surface area contributed by atoms with E-state index in [0.717, 1.165) is 42.9 Å². The van der Waals surface area contributed by atoms with Crippen molar-refractivity contribution in [2.24, 2.45) is 11.7 Å². The molecule has 156 valence electrons. The highest BCUT2D eigenvalue weighted by Crippen LogP contribution is 2.31. The summed E-state index contributed by atoms with van der Waals surface area (Å²) in [5, 5.41) is 12.5. The Morgan fingerprint density at radius 2 is 1.80 bits per heavy atom. The number of halogens is 1. The number of primary amides is 1. The van der Waals surface area contributed by atoms with Crippen LogP contribution in [-0.2, 0) is 11.3 Å². The zero-order chi connectivity index (χ0) is 21.1. The van der Waals surface area contributed by atoms with Gasteiger partial charge in [0.15, 0.2) is 5.82 Å². The summed E-state index contributed by atoms with van der Waals surface area (Å²) in [5.74, 6) is 0.129. The molecular weight excluding hydrogens is 383 g/mol. The molecule has 0 unspecified atom stereocenters. The van der Waals surface area contributed by atoms with Gasteiger partial charge >= 0.3 is 0 Å². The standard InChI is InChI=1S/C22H25FN6O/c1-15-2-6-17(7-3-15)20(28-12-10-18(11-13-28)21(24)30)22-25-26-27-29(22)14-16-4-8-19(23)9-5-16/h2-9,18,20H,10-14H2,1H3,(H2,24,30)/t20-/m0/s1. The number of hydrogen-bond acceptors (Lipinski definition) is 5. The van der Waals surface area contributed by atoms with Crippen molar-refractivity contribution in [3.8, 4) is 0 Å². The van der Waals surface area contributed by atoms with Crippen LogP contribution >= 0.6 is 0 Å².